The van der Waals surface area contributed by atoms with Crippen molar-refractivity contribution in [2.45, 2.75) is 77.7 Å². The molecule has 0 aliphatic carbocycles. The van der Waals surface area contributed by atoms with Crippen LogP contribution in [-0.4, -0.2) is 67.2 Å². The number of hydrogen-bond acceptors (Lipinski definition) is 6. The topological polar surface area (TPSA) is 120 Å². The predicted octanol–water partition coefficient (Wildman–Crippen LogP) is 5.78. The van der Waals surface area contributed by atoms with E-state index in [0.29, 0.717) is 60.9 Å². The lowest BCUT2D eigenvalue weighted by Crippen LogP contribution is -2.53. The molecule has 3 N–H and O–H groups in total. The highest BCUT2D eigenvalue weighted by Crippen LogP contribution is 2.37. The Morgan fingerprint density at radius 3 is 2.00 bits per heavy atom. The van der Waals surface area contributed by atoms with Gasteiger partial charge in [0.15, 0.2) is 5.88 Å². The molecule has 0 bridgehead atoms. The van der Waals surface area contributed by atoms with Crippen molar-refractivity contribution < 1.29 is 17.9 Å². The average molecular weight is 598 g/mol. The summed E-state index contributed by atoms with van der Waals surface area (Å²) in [5.41, 5.74) is 9.24. The van der Waals surface area contributed by atoms with Crippen molar-refractivity contribution in [1.82, 2.24) is 14.1 Å². The van der Waals surface area contributed by atoms with E-state index in [9.17, 15) is 13.2 Å². The van der Waals surface area contributed by atoms with E-state index in [2.05, 4.69) is 20.4 Å². The average Bonchev–Trinajstić information content (AvgIpc) is 2.94. The molecule has 2 amide bonds. The number of urea groups is 1. The summed E-state index contributed by atoms with van der Waals surface area (Å²) in [7, 11) is -4.31. The van der Waals surface area contributed by atoms with Gasteiger partial charge in [-0.05, 0) is 59.6 Å². The molecule has 10 heteroatoms. The van der Waals surface area contributed by atoms with Gasteiger partial charge in [0.1, 0.15) is 5.84 Å². The summed E-state index contributed by atoms with van der Waals surface area (Å²) in [5.74, 6) is 0.459. The van der Waals surface area contributed by atoms with E-state index in [1.807, 2.05) is 51.7 Å². The number of amides is 2. The maximum absolute atomic E-state index is 14.8. The molecule has 0 saturated carbocycles. The number of ether oxygens (including phenoxy) is 1. The van der Waals surface area contributed by atoms with Crippen LogP contribution in [-0.2, 0) is 21.3 Å². The summed E-state index contributed by atoms with van der Waals surface area (Å²) in [5, 5.41) is 7.85. The van der Waals surface area contributed by atoms with Crippen LogP contribution < -0.4 is 5.73 Å². The van der Waals surface area contributed by atoms with E-state index in [-0.39, 0.29) is 35.0 Å². The van der Waals surface area contributed by atoms with Crippen LogP contribution in [0.4, 0.5) is 4.79 Å². The largest absolute Gasteiger partial charge is 0.480 e. The van der Waals surface area contributed by atoms with Gasteiger partial charge in [0.25, 0.3) is 10.0 Å². The number of amidine groups is 1. The van der Waals surface area contributed by atoms with Crippen LogP contribution in [0.25, 0.3) is 0 Å². The van der Waals surface area contributed by atoms with Gasteiger partial charge in [-0.3, -0.25) is 5.41 Å². The van der Waals surface area contributed by atoms with Gasteiger partial charge in [-0.15, -0.1) is 0 Å². The number of nitrogen functional groups attached to an aromatic ring is 1. The zero-order chi connectivity index (χ0) is 31.4. The molecule has 1 saturated heterocycles. The molecule has 2 aromatic rings. The van der Waals surface area contributed by atoms with Crippen LogP contribution in [0.5, 0.6) is 0 Å². The lowest BCUT2D eigenvalue weighted by atomic mass is 9.89. The molecular formula is C32H47N5O4S. The quantitative estimate of drug-likeness (QED) is 0.193. The molecule has 0 atom stereocenters. The third-order valence-electron chi connectivity index (χ3n) is 7.62. The number of nitrogens with one attached hydrogen (secondary N) is 1. The van der Waals surface area contributed by atoms with Gasteiger partial charge >= 0.3 is 6.03 Å². The number of nitrogens with two attached hydrogens (primary N) is 1. The molecule has 0 spiro atoms. The molecule has 1 aliphatic rings. The van der Waals surface area contributed by atoms with E-state index < -0.39 is 16.1 Å². The van der Waals surface area contributed by atoms with Crippen molar-refractivity contribution in [1.29, 1.82) is 5.41 Å². The standard InChI is InChI=1S/C32H47N5O4S/c1-9-41-24(8)35-13-15-36(16-14-35)32(38)37(20-25-11-10-12-26(17-25)31(33)34)42(39,40)30-28(22(4)5)18-27(21(2)3)19-29(30)23(6)7/h10-12,17-19,21-23H,8-9,13-16,20H2,1-7H3,(H3,33,34). The molecule has 1 aliphatic heterocycles. The number of carbonyl (C=O) groups excluding carboxylic acids is 1. The van der Waals surface area contributed by atoms with Gasteiger partial charge in [0.2, 0.25) is 0 Å². The van der Waals surface area contributed by atoms with Crippen molar-refractivity contribution in [2.75, 3.05) is 32.8 Å². The SMILES string of the molecule is C=C(OCC)N1CCN(C(=O)N(Cc2cccc(C(=N)N)c2)S(=O)(=O)c2c(C(C)C)cc(C(C)C)cc2C(C)C)CC1. The second-order valence-electron chi connectivity index (χ2n) is 11.7. The molecule has 3 rings (SSSR count). The molecule has 0 radical (unpaired) electrons. The minimum absolute atomic E-state index is 0.0860. The first kappa shape index (κ1) is 33.0. The third-order valence-corrected chi connectivity index (χ3v) is 9.47. The Morgan fingerprint density at radius 1 is 0.976 bits per heavy atom. The van der Waals surface area contributed by atoms with Crippen LogP contribution in [0, 0.1) is 5.41 Å². The maximum Gasteiger partial charge on any atom is 0.334 e. The number of rotatable bonds is 11. The van der Waals surface area contributed by atoms with Crippen LogP contribution >= 0.6 is 0 Å². The van der Waals surface area contributed by atoms with Gasteiger partial charge in [0.05, 0.1) is 18.0 Å². The Hall–Kier alpha value is -3.53. The molecule has 1 heterocycles. The first-order valence-electron chi connectivity index (χ1n) is 14.7. The molecule has 0 aromatic heterocycles. The van der Waals surface area contributed by atoms with Crippen LogP contribution in [0.3, 0.4) is 0 Å². The predicted molar refractivity (Wildman–Crippen MR) is 168 cm³/mol. The van der Waals surface area contributed by atoms with E-state index in [1.54, 1.807) is 29.2 Å². The second-order valence-corrected chi connectivity index (χ2v) is 13.5. The summed E-state index contributed by atoms with van der Waals surface area (Å²) in [6, 6.07) is 10.2. The summed E-state index contributed by atoms with van der Waals surface area (Å²) in [6.45, 7) is 19.9. The minimum Gasteiger partial charge on any atom is -0.480 e. The maximum atomic E-state index is 14.8. The fourth-order valence-corrected chi connectivity index (χ4v) is 7.16. The second kappa shape index (κ2) is 13.6. The minimum atomic E-state index is -4.31. The van der Waals surface area contributed by atoms with Crippen molar-refractivity contribution in [3.05, 3.63) is 76.7 Å². The summed E-state index contributed by atoms with van der Waals surface area (Å²) in [4.78, 5) is 18.0. The number of sulfonamides is 1. The van der Waals surface area contributed by atoms with E-state index in [4.69, 9.17) is 15.9 Å². The zero-order valence-electron chi connectivity index (χ0n) is 26.1. The Bertz CT molecular complexity index is 1380. The first-order valence-corrected chi connectivity index (χ1v) is 16.1. The number of carbonyl (C=O) groups is 1. The number of piperazine rings is 1. The van der Waals surface area contributed by atoms with Crippen LogP contribution in [0.2, 0.25) is 0 Å². The Morgan fingerprint density at radius 2 is 1.52 bits per heavy atom. The summed E-state index contributed by atoms with van der Waals surface area (Å²) in [6.07, 6.45) is 0. The summed E-state index contributed by atoms with van der Waals surface area (Å²) >= 11 is 0. The van der Waals surface area contributed by atoms with E-state index in [0.717, 1.165) is 9.87 Å². The third kappa shape index (κ3) is 7.27. The molecule has 42 heavy (non-hydrogen) atoms. The highest BCUT2D eigenvalue weighted by atomic mass is 32.2. The Kier molecular flexibility index (Phi) is 10.7. The number of nitrogens with zero attached hydrogens (tertiary/aromatic N) is 3. The van der Waals surface area contributed by atoms with Gasteiger partial charge < -0.3 is 20.3 Å². The molecule has 230 valence electrons. The lowest BCUT2D eigenvalue weighted by molar-refractivity contribution is 0.0812. The fraction of sp³-hybridized carbons (Fsp3) is 0.500. The molecule has 9 nitrogen and oxygen atoms in total. The monoisotopic (exact) mass is 597 g/mol. The summed E-state index contributed by atoms with van der Waals surface area (Å²) < 4.78 is 36.1. The normalized spacial score (nSPS) is 14.0. The zero-order valence-corrected chi connectivity index (χ0v) is 26.9. The van der Waals surface area contributed by atoms with Crippen LogP contribution in [0.15, 0.2) is 53.8 Å². The smallest absolute Gasteiger partial charge is 0.334 e. The van der Waals surface area contributed by atoms with Gasteiger partial charge in [-0.1, -0.05) is 71.9 Å². The van der Waals surface area contributed by atoms with Crippen LogP contribution in [0.1, 0.15) is 94.0 Å². The Balaban J connectivity index is 2.15. The highest BCUT2D eigenvalue weighted by Gasteiger charge is 2.38. The van der Waals surface area contributed by atoms with Crippen molar-refractivity contribution >= 4 is 21.9 Å². The van der Waals surface area contributed by atoms with E-state index in [1.165, 1.54) is 0 Å². The molecule has 1 fully saturated rings. The van der Waals surface area contributed by atoms with Gasteiger partial charge in [-0.2, -0.15) is 0 Å². The fourth-order valence-electron chi connectivity index (χ4n) is 5.12. The van der Waals surface area contributed by atoms with Crippen molar-refractivity contribution in [3.63, 3.8) is 0 Å². The van der Waals surface area contributed by atoms with Crippen molar-refractivity contribution in [3.8, 4) is 0 Å². The van der Waals surface area contributed by atoms with Gasteiger partial charge in [0, 0.05) is 31.7 Å². The molecule has 0 unspecified atom stereocenters. The molecule has 2 aromatic carbocycles. The molecular weight excluding hydrogens is 550 g/mol. The highest BCUT2D eigenvalue weighted by molar-refractivity contribution is 7.89. The van der Waals surface area contributed by atoms with E-state index >= 15 is 0 Å². The van der Waals surface area contributed by atoms with Gasteiger partial charge in [-0.25, -0.2) is 17.5 Å². The number of benzene rings is 2. The number of hydrogen-bond donors (Lipinski definition) is 2. The van der Waals surface area contributed by atoms with Crippen molar-refractivity contribution in [2.24, 2.45) is 5.73 Å². The Labute approximate surface area is 251 Å². The lowest BCUT2D eigenvalue weighted by Gasteiger charge is -2.38. The first-order chi connectivity index (χ1) is 19.7.